The van der Waals surface area contributed by atoms with Gasteiger partial charge in [0.2, 0.25) is 0 Å². The highest BCUT2D eigenvalue weighted by Crippen LogP contribution is 2.29. The number of hydrogen-bond acceptors (Lipinski definition) is 3. The quantitative estimate of drug-likeness (QED) is 0.782. The van der Waals surface area contributed by atoms with Crippen LogP contribution in [0.5, 0.6) is 5.75 Å². The topological polar surface area (TPSA) is 52.5 Å². The average molecular weight is 191 g/mol. The first-order valence-electron chi connectivity index (χ1n) is 4.56. The highest BCUT2D eigenvalue weighted by atomic mass is 16.5. The molecule has 0 amide bonds. The smallest absolute Gasteiger partial charge is 0.167 e. The number of methoxy groups -OCH3 is 1. The van der Waals surface area contributed by atoms with E-state index in [4.69, 9.17) is 10.5 Å². The summed E-state index contributed by atoms with van der Waals surface area (Å²) in [5.74, 6) is 0.710. The molecule has 2 rings (SSSR count). The van der Waals surface area contributed by atoms with E-state index >= 15 is 0 Å². The minimum atomic E-state index is 0.648. The van der Waals surface area contributed by atoms with Crippen molar-refractivity contribution < 1.29 is 4.74 Å². The van der Waals surface area contributed by atoms with Gasteiger partial charge in [0.1, 0.15) is 5.52 Å². The van der Waals surface area contributed by atoms with Crippen LogP contribution >= 0.6 is 0 Å². The molecule has 0 saturated heterocycles. The fourth-order valence-electron chi connectivity index (χ4n) is 1.60. The van der Waals surface area contributed by atoms with Crippen LogP contribution in [0.2, 0.25) is 0 Å². The first-order chi connectivity index (χ1) is 6.77. The number of pyridine rings is 1. The zero-order valence-electron chi connectivity index (χ0n) is 8.32. The van der Waals surface area contributed by atoms with Crippen molar-refractivity contribution in [3.63, 3.8) is 0 Å². The second kappa shape index (κ2) is 3.21. The SMILES string of the molecule is CCc1cnn2ccc(N)c(OC)c12. The number of nitrogens with two attached hydrogens (primary N) is 1. The lowest BCUT2D eigenvalue weighted by Crippen LogP contribution is -1.97. The highest BCUT2D eigenvalue weighted by Gasteiger charge is 2.10. The maximum absolute atomic E-state index is 5.81. The second-order valence-corrected chi connectivity index (χ2v) is 3.12. The lowest BCUT2D eigenvalue weighted by atomic mass is 10.2. The Balaban J connectivity index is 2.81. The van der Waals surface area contributed by atoms with E-state index in [0.717, 1.165) is 17.5 Å². The molecule has 0 aliphatic rings. The second-order valence-electron chi connectivity index (χ2n) is 3.12. The minimum Gasteiger partial charge on any atom is -0.492 e. The van der Waals surface area contributed by atoms with Crippen molar-refractivity contribution in [3.05, 3.63) is 24.0 Å². The molecule has 2 heterocycles. The number of rotatable bonds is 2. The van der Waals surface area contributed by atoms with Crippen molar-refractivity contribution >= 4 is 11.2 Å². The Hall–Kier alpha value is -1.71. The predicted molar refractivity (Wildman–Crippen MR) is 55.5 cm³/mol. The summed E-state index contributed by atoms with van der Waals surface area (Å²) in [6, 6.07) is 1.79. The van der Waals surface area contributed by atoms with Gasteiger partial charge in [-0.1, -0.05) is 6.92 Å². The molecular weight excluding hydrogens is 178 g/mol. The first-order valence-corrected chi connectivity index (χ1v) is 4.56. The van der Waals surface area contributed by atoms with Crippen LogP contribution < -0.4 is 10.5 Å². The Bertz CT molecular complexity index is 462. The van der Waals surface area contributed by atoms with Crippen LogP contribution in [0.15, 0.2) is 18.5 Å². The van der Waals surface area contributed by atoms with E-state index in [1.807, 2.05) is 12.4 Å². The van der Waals surface area contributed by atoms with Gasteiger partial charge in [0.15, 0.2) is 5.75 Å². The Morgan fingerprint density at radius 1 is 1.57 bits per heavy atom. The number of nitrogens with zero attached hydrogens (tertiary/aromatic N) is 2. The van der Waals surface area contributed by atoms with Crippen molar-refractivity contribution in [2.24, 2.45) is 0 Å². The highest BCUT2D eigenvalue weighted by molar-refractivity contribution is 5.74. The molecule has 4 heteroatoms. The van der Waals surface area contributed by atoms with E-state index in [1.54, 1.807) is 17.7 Å². The zero-order valence-corrected chi connectivity index (χ0v) is 8.32. The largest absolute Gasteiger partial charge is 0.492 e. The van der Waals surface area contributed by atoms with E-state index in [9.17, 15) is 0 Å². The maximum atomic E-state index is 5.81. The first kappa shape index (κ1) is 8.87. The standard InChI is InChI=1S/C10H13N3O/c1-3-7-6-12-13-5-4-8(11)10(14-2)9(7)13/h4-6H,3,11H2,1-2H3. The van der Waals surface area contributed by atoms with Crippen LogP contribution in [0.4, 0.5) is 5.69 Å². The predicted octanol–water partition coefficient (Wildman–Crippen LogP) is 1.49. The third-order valence-electron chi connectivity index (χ3n) is 2.33. The van der Waals surface area contributed by atoms with Gasteiger partial charge in [0.25, 0.3) is 0 Å². The molecule has 2 N–H and O–H groups in total. The monoisotopic (exact) mass is 191 g/mol. The fraction of sp³-hybridized carbons (Fsp3) is 0.300. The zero-order chi connectivity index (χ0) is 10.1. The molecule has 0 atom stereocenters. The van der Waals surface area contributed by atoms with Crippen molar-refractivity contribution in [2.45, 2.75) is 13.3 Å². The average Bonchev–Trinajstić information content (AvgIpc) is 2.61. The lowest BCUT2D eigenvalue weighted by Gasteiger charge is -2.07. The summed E-state index contributed by atoms with van der Waals surface area (Å²) in [4.78, 5) is 0. The molecule has 0 aromatic carbocycles. The summed E-state index contributed by atoms with van der Waals surface area (Å²) < 4.78 is 7.06. The molecule has 4 nitrogen and oxygen atoms in total. The van der Waals surface area contributed by atoms with E-state index in [1.165, 1.54) is 0 Å². The molecule has 0 fully saturated rings. The number of fused-ring (bicyclic) bond motifs is 1. The molecule has 0 aliphatic heterocycles. The van der Waals surface area contributed by atoms with Crippen molar-refractivity contribution in [3.8, 4) is 5.75 Å². The van der Waals surface area contributed by atoms with Crippen LogP contribution in [-0.2, 0) is 6.42 Å². The van der Waals surface area contributed by atoms with Crippen LogP contribution in [0.25, 0.3) is 5.52 Å². The van der Waals surface area contributed by atoms with E-state index in [0.29, 0.717) is 11.4 Å². The van der Waals surface area contributed by atoms with Crippen molar-refractivity contribution in [1.82, 2.24) is 9.61 Å². The third kappa shape index (κ3) is 1.11. The number of ether oxygens (including phenoxy) is 1. The molecule has 14 heavy (non-hydrogen) atoms. The summed E-state index contributed by atoms with van der Waals surface area (Å²) in [5.41, 5.74) is 8.58. The van der Waals surface area contributed by atoms with Gasteiger partial charge in [0.05, 0.1) is 19.0 Å². The Morgan fingerprint density at radius 3 is 3.00 bits per heavy atom. The summed E-state index contributed by atoms with van der Waals surface area (Å²) in [7, 11) is 1.62. The van der Waals surface area contributed by atoms with E-state index in [-0.39, 0.29) is 0 Å². The summed E-state index contributed by atoms with van der Waals surface area (Å²) in [6.45, 7) is 2.08. The van der Waals surface area contributed by atoms with Crippen LogP contribution in [0.3, 0.4) is 0 Å². The maximum Gasteiger partial charge on any atom is 0.167 e. The van der Waals surface area contributed by atoms with Crippen LogP contribution in [-0.4, -0.2) is 16.7 Å². The molecular formula is C10H13N3O. The van der Waals surface area contributed by atoms with Gasteiger partial charge in [-0.25, -0.2) is 4.52 Å². The molecule has 74 valence electrons. The molecule has 0 saturated carbocycles. The summed E-state index contributed by atoms with van der Waals surface area (Å²) in [6.07, 6.45) is 4.60. The number of aryl methyl sites for hydroxylation is 1. The number of aromatic nitrogens is 2. The van der Waals surface area contributed by atoms with Crippen molar-refractivity contribution in [1.29, 1.82) is 0 Å². The lowest BCUT2D eigenvalue weighted by molar-refractivity contribution is 0.419. The number of hydrogen-bond donors (Lipinski definition) is 1. The number of nitrogen functional groups attached to an aromatic ring is 1. The molecule has 0 unspecified atom stereocenters. The van der Waals surface area contributed by atoms with Gasteiger partial charge in [-0.3, -0.25) is 0 Å². The Labute approximate surface area is 82.3 Å². The van der Waals surface area contributed by atoms with Gasteiger partial charge in [-0.05, 0) is 12.5 Å². The molecule has 2 aromatic heterocycles. The molecule has 0 spiro atoms. The van der Waals surface area contributed by atoms with Crippen LogP contribution in [0, 0.1) is 0 Å². The molecule has 2 aromatic rings. The van der Waals surface area contributed by atoms with Gasteiger partial charge < -0.3 is 10.5 Å². The van der Waals surface area contributed by atoms with E-state index in [2.05, 4.69) is 12.0 Å². The minimum absolute atomic E-state index is 0.648. The van der Waals surface area contributed by atoms with Gasteiger partial charge >= 0.3 is 0 Å². The molecule has 0 bridgehead atoms. The number of anilines is 1. The molecule has 0 radical (unpaired) electrons. The molecule has 0 aliphatic carbocycles. The Morgan fingerprint density at radius 2 is 2.36 bits per heavy atom. The Kier molecular flexibility index (Phi) is 2.04. The summed E-state index contributed by atoms with van der Waals surface area (Å²) in [5, 5.41) is 4.22. The van der Waals surface area contributed by atoms with Crippen molar-refractivity contribution in [2.75, 3.05) is 12.8 Å². The third-order valence-corrected chi connectivity index (χ3v) is 2.33. The fourth-order valence-corrected chi connectivity index (χ4v) is 1.60. The normalized spacial score (nSPS) is 10.7. The van der Waals surface area contributed by atoms with Gasteiger partial charge in [-0.15, -0.1) is 0 Å². The van der Waals surface area contributed by atoms with Gasteiger partial charge in [0, 0.05) is 11.8 Å². The van der Waals surface area contributed by atoms with E-state index < -0.39 is 0 Å². The van der Waals surface area contributed by atoms with Gasteiger partial charge in [-0.2, -0.15) is 5.10 Å². The van der Waals surface area contributed by atoms with Crippen LogP contribution in [0.1, 0.15) is 12.5 Å². The summed E-state index contributed by atoms with van der Waals surface area (Å²) >= 11 is 0.